The highest BCUT2D eigenvalue weighted by atomic mass is 16.6. The van der Waals surface area contributed by atoms with E-state index in [1.54, 1.807) is 0 Å². The molecule has 0 spiro atoms. The summed E-state index contributed by atoms with van der Waals surface area (Å²) in [6.07, 6.45) is 6.98. The van der Waals surface area contributed by atoms with Gasteiger partial charge in [-0.2, -0.15) is 0 Å². The lowest BCUT2D eigenvalue weighted by Crippen LogP contribution is -2.30. The van der Waals surface area contributed by atoms with Crippen molar-refractivity contribution in [2.75, 3.05) is 23.3 Å². The zero-order chi connectivity index (χ0) is 14.8. The number of nitrogens with zero attached hydrogens (tertiary/aromatic N) is 4. The topological polar surface area (TPSA) is 84.2 Å². The van der Waals surface area contributed by atoms with Gasteiger partial charge in [0.15, 0.2) is 0 Å². The second-order valence-corrected chi connectivity index (χ2v) is 5.91. The molecule has 21 heavy (non-hydrogen) atoms. The molecule has 0 saturated heterocycles. The quantitative estimate of drug-likeness (QED) is 0.585. The Morgan fingerprint density at radius 3 is 2.71 bits per heavy atom. The van der Waals surface area contributed by atoms with E-state index in [0.29, 0.717) is 30.1 Å². The summed E-state index contributed by atoms with van der Waals surface area (Å²) in [6.45, 7) is 3.57. The minimum absolute atomic E-state index is 0.0264. The number of rotatable bonds is 8. The van der Waals surface area contributed by atoms with E-state index in [4.69, 9.17) is 0 Å². The van der Waals surface area contributed by atoms with Crippen molar-refractivity contribution in [3.63, 3.8) is 0 Å². The minimum atomic E-state index is -0.352. The van der Waals surface area contributed by atoms with Crippen LogP contribution in [0.3, 0.4) is 0 Å². The van der Waals surface area contributed by atoms with E-state index in [1.807, 2.05) is 6.92 Å². The van der Waals surface area contributed by atoms with Crippen molar-refractivity contribution in [1.82, 2.24) is 9.97 Å². The van der Waals surface area contributed by atoms with Gasteiger partial charge in [0, 0.05) is 19.1 Å². The van der Waals surface area contributed by atoms with Crippen LogP contribution in [-0.4, -0.2) is 34.0 Å². The first-order chi connectivity index (χ1) is 10.2. The van der Waals surface area contributed by atoms with E-state index in [9.17, 15) is 10.1 Å². The number of anilines is 2. The molecule has 2 saturated carbocycles. The van der Waals surface area contributed by atoms with Crippen molar-refractivity contribution in [2.24, 2.45) is 5.92 Å². The Bertz CT molecular complexity index is 528. The molecule has 1 aromatic heterocycles. The molecule has 114 valence electrons. The maximum atomic E-state index is 11.5. The molecule has 7 nitrogen and oxygen atoms in total. The van der Waals surface area contributed by atoms with Crippen molar-refractivity contribution >= 4 is 17.3 Å². The summed E-state index contributed by atoms with van der Waals surface area (Å²) in [5.41, 5.74) is 0.0264. The molecule has 1 aromatic rings. The van der Waals surface area contributed by atoms with Gasteiger partial charge in [-0.05, 0) is 38.0 Å². The van der Waals surface area contributed by atoms with Crippen LogP contribution in [0.2, 0.25) is 0 Å². The molecule has 0 bridgehead atoms. The second kappa shape index (κ2) is 5.83. The third kappa shape index (κ3) is 3.22. The molecule has 1 heterocycles. The summed E-state index contributed by atoms with van der Waals surface area (Å²) >= 11 is 0. The van der Waals surface area contributed by atoms with Crippen LogP contribution in [0.4, 0.5) is 17.3 Å². The smallest absolute Gasteiger partial charge is 0.353 e. The molecule has 0 atom stereocenters. The molecule has 2 fully saturated rings. The highest BCUT2D eigenvalue weighted by Gasteiger charge is 2.38. The highest BCUT2D eigenvalue weighted by Crippen LogP contribution is 2.41. The van der Waals surface area contributed by atoms with Gasteiger partial charge in [0.05, 0.1) is 4.92 Å². The summed E-state index contributed by atoms with van der Waals surface area (Å²) in [7, 11) is 0. The predicted octanol–water partition coefficient (Wildman–Crippen LogP) is 2.59. The highest BCUT2D eigenvalue weighted by molar-refractivity contribution is 5.71. The number of hydrogen-bond acceptors (Lipinski definition) is 6. The Labute approximate surface area is 123 Å². The van der Waals surface area contributed by atoms with Crippen LogP contribution in [0.25, 0.3) is 0 Å². The Morgan fingerprint density at radius 1 is 1.38 bits per heavy atom. The van der Waals surface area contributed by atoms with E-state index < -0.39 is 0 Å². The number of nitro groups is 1. The minimum Gasteiger partial charge on any atom is -0.364 e. The predicted molar refractivity (Wildman–Crippen MR) is 80.6 cm³/mol. The summed E-state index contributed by atoms with van der Waals surface area (Å²) in [5, 5.41) is 14.6. The van der Waals surface area contributed by atoms with E-state index >= 15 is 0 Å². The van der Waals surface area contributed by atoms with Crippen LogP contribution in [-0.2, 0) is 0 Å². The molecular formula is C14H21N5O2. The fourth-order valence-corrected chi connectivity index (χ4v) is 2.49. The molecule has 3 rings (SSSR count). The van der Waals surface area contributed by atoms with Crippen molar-refractivity contribution in [3.8, 4) is 0 Å². The Hall–Kier alpha value is -1.92. The van der Waals surface area contributed by atoms with Crippen LogP contribution < -0.4 is 10.2 Å². The normalized spacial score (nSPS) is 17.6. The molecule has 0 aromatic carbocycles. The summed E-state index contributed by atoms with van der Waals surface area (Å²) < 4.78 is 0. The van der Waals surface area contributed by atoms with Crippen LogP contribution >= 0.6 is 0 Å². The second-order valence-electron chi connectivity index (χ2n) is 5.91. The molecule has 0 radical (unpaired) electrons. The van der Waals surface area contributed by atoms with Crippen molar-refractivity contribution in [2.45, 2.75) is 45.1 Å². The maximum Gasteiger partial charge on any atom is 0.353 e. The summed E-state index contributed by atoms with van der Waals surface area (Å²) in [5.74, 6) is 1.50. The van der Waals surface area contributed by atoms with Gasteiger partial charge in [0.25, 0.3) is 0 Å². The summed E-state index contributed by atoms with van der Waals surface area (Å²) in [6, 6.07) is 0.415. The van der Waals surface area contributed by atoms with Crippen molar-refractivity contribution in [3.05, 3.63) is 16.4 Å². The van der Waals surface area contributed by atoms with Gasteiger partial charge in [-0.15, -0.1) is 0 Å². The van der Waals surface area contributed by atoms with Crippen molar-refractivity contribution in [1.29, 1.82) is 0 Å². The third-order valence-corrected chi connectivity index (χ3v) is 3.94. The van der Waals surface area contributed by atoms with Gasteiger partial charge in [-0.25, -0.2) is 9.97 Å². The van der Waals surface area contributed by atoms with Crippen LogP contribution in [0, 0.1) is 16.0 Å². The molecular weight excluding hydrogens is 270 g/mol. The van der Waals surface area contributed by atoms with Gasteiger partial charge in [0.1, 0.15) is 6.33 Å². The largest absolute Gasteiger partial charge is 0.364 e. The van der Waals surface area contributed by atoms with Crippen LogP contribution in [0.5, 0.6) is 0 Å². The lowest BCUT2D eigenvalue weighted by molar-refractivity contribution is -0.383. The fraction of sp³-hybridized carbons (Fsp3) is 0.714. The molecule has 2 aliphatic carbocycles. The molecule has 0 aliphatic heterocycles. The molecule has 0 amide bonds. The van der Waals surface area contributed by atoms with E-state index in [0.717, 1.165) is 25.8 Å². The molecule has 1 N–H and O–H groups in total. The molecule has 0 unspecified atom stereocenters. The summed E-state index contributed by atoms with van der Waals surface area (Å²) in [4.78, 5) is 21.6. The first-order valence-corrected chi connectivity index (χ1v) is 7.70. The van der Waals surface area contributed by atoms with E-state index in [1.165, 1.54) is 19.2 Å². The standard InChI is InChI=1S/C14H21N5O2/c1-2-7-15-13-12(19(20)21)14(17-9-16-13)18(11-5-6-11)8-10-3-4-10/h9-11H,2-8H2,1H3,(H,15,16,17). The molecule has 7 heteroatoms. The lowest BCUT2D eigenvalue weighted by Gasteiger charge is -2.23. The van der Waals surface area contributed by atoms with E-state index in [-0.39, 0.29) is 10.6 Å². The SMILES string of the molecule is CCCNc1ncnc(N(CC2CC2)C2CC2)c1[N+](=O)[O-]. The van der Waals surface area contributed by atoms with Gasteiger partial charge >= 0.3 is 5.69 Å². The Kier molecular flexibility index (Phi) is 3.90. The van der Waals surface area contributed by atoms with E-state index in [2.05, 4.69) is 20.2 Å². The Morgan fingerprint density at radius 2 is 2.14 bits per heavy atom. The monoisotopic (exact) mass is 291 g/mol. The van der Waals surface area contributed by atoms with Crippen LogP contribution in [0.15, 0.2) is 6.33 Å². The third-order valence-electron chi connectivity index (χ3n) is 3.94. The average Bonchev–Trinajstić information content (AvgIpc) is 3.35. The molecule has 2 aliphatic rings. The van der Waals surface area contributed by atoms with Gasteiger partial charge in [-0.1, -0.05) is 6.92 Å². The number of aromatic nitrogens is 2. The van der Waals surface area contributed by atoms with Crippen LogP contribution in [0.1, 0.15) is 39.0 Å². The first-order valence-electron chi connectivity index (χ1n) is 7.70. The van der Waals surface area contributed by atoms with Gasteiger partial charge < -0.3 is 10.2 Å². The maximum absolute atomic E-state index is 11.5. The lowest BCUT2D eigenvalue weighted by atomic mass is 10.3. The number of nitrogens with one attached hydrogen (secondary N) is 1. The average molecular weight is 291 g/mol. The first kappa shape index (κ1) is 14.0. The number of hydrogen-bond donors (Lipinski definition) is 1. The van der Waals surface area contributed by atoms with Crippen molar-refractivity contribution < 1.29 is 4.92 Å². The van der Waals surface area contributed by atoms with Gasteiger partial charge in [0.2, 0.25) is 11.6 Å². The zero-order valence-electron chi connectivity index (χ0n) is 12.3. The fourth-order valence-electron chi connectivity index (χ4n) is 2.49. The van der Waals surface area contributed by atoms with Gasteiger partial charge in [-0.3, -0.25) is 10.1 Å². The zero-order valence-corrected chi connectivity index (χ0v) is 12.3. The Balaban J connectivity index is 1.92.